The van der Waals surface area contributed by atoms with E-state index in [2.05, 4.69) is 20.7 Å². The van der Waals surface area contributed by atoms with Crippen molar-refractivity contribution in [1.82, 2.24) is 15.3 Å². The first-order valence-corrected chi connectivity index (χ1v) is 6.50. The molecule has 0 bridgehead atoms. The molecule has 1 amide bonds. The lowest BCUT2D eigenvalue weighted by Crippen LogP contribution is -2.35. The van der Waals surface area contributed by atoms with Crippen molar-refractivity contribution in [3.8, 4) is 0 Å². The molecule has 8 nitrogen and oxygen atoms in total. The van der Waals surface area contributed by atoms with Crippen molar-refractivity contribution >= 4 is 17.5 Å². The highest BCUT2D eigenvalue weighted by atomic mass is 16.5. The summed E-state index contributed by atoms with van der Waals surface area (Å²) in [5, 5.41) is 2.73. The average molecular weight is 282 g/mol. The predicted octanol–water partition coefficient (Wildman–Crippen LogP) is -0.129. The summed E-state index contributed by atoms with van der Waals surface area (Å²) in [5.41, 5.74) is 2.48. The number of aromatic nitrogens is 2. The van der Waals surface area contributed by atoms with Gasteiger partial charge in [-0.25, -0.2) is 15.8 Å². The number of hydrazine groups is 1. The van der Waals surface area contributed by atoms with Crippen LogP contribution in [-0.2, 0) is 16.1 Å². The molecule has 4 N–H and O–H groups in total. The number of nitrogens with zero attached hydrogens (tertiary/aromatic N) is 3. The Bertz CT molecular complexity index is 440. The monoisotopic (exact) mass is 282 g/mol. The number of carbonyl (C=O) groups excluding carboxylic acids is 1. The van der Waals surface area contributed by atoms with Crippen LogP contribution in [0.15, 0.2) is 6.07 Å². The Balaban J connectivity index is 2.83. The fourth-order valence-electron chi connectivity index (χ4n) is 1.56. The van der Waals surface area contributed by atoms with E-state index in [-0.39, 0.29) is 12.5 Å². The Morgan fingerprint density at radius 2 is 2.20 bits per heavy atom. The molecule has 0 unspecified atom stereocenters. The molecule has 0 radical (unpaired) electrons. The molecule has 1 aromatic heterocycles. The Morgan fingerprint density at radius 3 is 2.80 bits per heavy atom. The molecule has 0 saturated carbocycles. The van der Waals surface area contributed by atoms with E-state index in [1.165, 1.54) is 0 Å². The molecule has 20 heavy (non-hydrogen) atoms. The van der Waals surface area contributed by atoms with Crippen LogP contribution < -0.4 is 21.5 Å². The van der Waals surface area contributed by atoms with E-state index in [4.69, 9.17) is 10.6 Å². The first-order chi connectivity index (χ1) is 9.60. The van der Waals surface area contributed by atoms with Crippen LogP contribution in [0.4, 0.5) is 11.6 Å². The minimum absolute atomic E-state index is 0.0674. The quantitative estimate of drug-likeness (QED) is 0.450. The van der Waals surface area contributed by atoms with Crippen molar-refractivity contribution in [2.24, 2.45) is 5.84 Å². The zero-order chi connectivity index (χ0) is 15.0. The highest BCUT2D eigenvalue weighted by Crippen LogP contribution is 2.14. The van der Waals surface area contributed by atoms with E-state index in [9.17, 15) is 4.79 Å². The SMILES string of the molecule is CCNC(=O)CN(C)c1cc(NN)nc(COCC)n1. The van der Waals surface area contributed by atoms with Crippen LogP contribution in [0.5, 0.6) is 0 Å². The van der Waals surface area contributed by atoms with Crippen LogP contribution >= 0.6 is 0 Å². The van der Waals surface area contributed by atoms with E-state index in [0.717, 1.165) is 0 Å². The molecular formula is C12H22N6O2. The molecule has 112 valence electrons. The second-order valence-corrected chi connectivity index (χ2v) is 4.12. The van der Waals surface area contributed by atoms with E-state index in [1.54, 1.807) is 18.0 Å². The number of amides is 1. The third-order valence-corrected chi connectivity index (χ3v) is 2.49. The molecular weight excluding hydrogens is 260 g/mol. The summed E-state index contributed by atoms with van der Waals surface area (Å²) in [6.45, 7) is 5.46. The van der Waals surface area contributed by atoms with Crippen molar-refractivity contribution in [1.29, 1.82) is 0 Å². The molecule has 0 saturated heterocycles. The molecule has 0 fully saturated rings. The minimum Gasteiger partial charge on any atom is -0.374 e. The largest absolute Gasteiger partial charge is 0.374 e. The lowest BCUT2D eigenvalue weighted by Gasteiger charge is -2.18. The molecule has 0 spiro atoms. The number of hydrogen-bond donors (Lipinski definition) is 3. The summed E-state index contributed by atoms with van der Waals surface area (Å²) < 4.78 is 5.28. The topological polar surface area (TPSA) is 105 Å². The van der Waals surface area contributed by atoms with Gasteiger partial charge in [-0.3, -0.25) is 4.79 Å². The van der Waals surface area contributed by atoms with Crippen LogP contribution in [0.2, 0.25) is 0 Å². The maximum Gasteiger partial charge on any atom is 0.239 e. The van der Waals surface area contributed by atoms with E-state index in [0.29, 0.717) is 37.2 Å². The summed E-state index contributed by atoms with van der Waals surface area (Å²) in [6.07, 6.45) is 0. The summed E-state index contributed by atoms with van der Waals surface area (Å²) in [6, 6.07) is 1.68. The summed E-state index contributed by atoms with van der Waals surface area (Å²) >= 11 is 0. The van der Waals surface area contributed by atoms with Crippen LogP contribution in [0, 0.1) is 0 Å². The molecule has 0 aromatic carbocycles. The molecule has 1 rings (SSSR count). The average Bonchev–Trinajstić information content (AvgIpc) is 2.44. The zero-order valence-corrected chi connectivity index (χ0v) is 12.1. The molecule has 0 atom stereocenters. The van der Waals surface area contributed by atoms with Crippen molar-refractivity contribution < 1.29 is 9.53 Å². The summed E-state index contributed by atoms with van der Waals surface area (Å²) in [4.78, 5) is 21.8. The third-order valence-electron chi connectivity index (χ3n) is 2.49. The van der Waals surface area contributed by atoms with Crippen LogP contribution in [0.3, 0.4) is 0 Å². The van der Waals surface area contributed by atoms with Gasteiger partial charge in [-0.2, -0.15) is 0 Å². The van der Waals surface area contributed by atoms with Gasteiger partial charge in [0.15, 0.2) is 5.82 Å². The number of likely N-dealkylation sites (N-methyl/N-ethyl adjacent to an activating group) is 2. The first-order valence-electron chi connectivity index (χ1n) is 6.50. The summed E-state index contributed by atoms with van der Waals surface area (Å²) in [7, 11) is 1.78. The van der Waals surface area contributed by atoms with Gasteiger partial charge in [0.1, 0.15) is 18.2 Å². The van der Waals surface area contributed by atoms with E-state index < -0.39 is 0 Å². The van der Waals surface area contributed by atoms with Gasteiger partial charge in [-0.15, -0.1) is 0 Å². The Labute approximate surface area is 118 Å². The molecule has 1 heterocycles. The lowest BCUT2D eigenvalue weighted by atomic mass is 10.4. The molecule has 8 heteroatoms. The fourth-order valence-corrected chi connectivity index (χ4v) is 1.56. The number of nitrogen functional groups attached to an aromatic ring is 1. The van der Waals surface area contributed by atoms with E-state index >= 15 is 0 Å². The van der Waals surface area contributed by atoms with Gasteiger partial charge in [0, 0.05) is 26.3 Å². The number of ether oxygens (including phenoxy) is 1. The predicted molar refractivity (Wildman–Crippen MR) is 77.1 cm³/mol. The van der Waals surface area contributed by atoms with Gasteiger partial charge in [0.05, 0.1) is 6.54 Å². The maximum atomic E-state index is 11.6. The molecule has 1 aromatic rings. The fraction of sp³-hybridized carbons (Fsp3) is 0.583. The van der Waals surface area contributed by atoms with Gasteiger partial charge < -0.3 is 20.4 Å². The zero-order valence-electron chi connectivity index (χ0n) is 12.1. The van der Waals surface area contributed by atoms with E-state index in [1.807, 2.05) is 13.8 Å². The van der Waals surface area contributed by atoms with Gasteiger partial charge in [0.2, 0.25) is 5.91 Å². The van der Waals surface area contributed by atoms with Crippen molar-refractivity contribution in [2.45, 2.75) is 20.5 Å². The molecule has 0 aliphatic rings. The van der Waals surface area contributed by atoms with Crippen molar-refractivity contribution in [3.05, 3.63) is 11.9 Å². The number of nitrogens with two attached hydrogens (primary N) is 1. The molecule has 0 aliphatic heterocycles. The lowest BCUT2D eigenvalue weighted by molar-refractivity contribution is -0.119. The molecule has 0 aliphatic carbocycles. The highest BCUT2D eigenvalue weighted by molar-refractivity contribution is 5.80. The number of rotatable bonds is 8. The number of nitrogens with one attached hydrogen (secondary N) is 2. The third kappa shape index (κ3) is 4.98. The number of anilines is 2. The smallest absolute Gasteiger partial charge is 0.239 e. The van der Waals surface area contributed by atoms with Crippen LogP contribution in [-0.4, -0.2) is 42.6 Å². The number of hydrogen-bond acceptors (Lipinski definition) is 7. The Kier molecular flexibility index (Phi) is 6.68. The highest BCUT2D eigenvalue weighted by Gasteiger charge is 2.11. The van der Waals surface area contributed by atoms with Gasteiger partial charge in [0.25, 0.3) is 0 Å². The maximum absolute atomic E-state index is 11.6. The van der Waals surface area contributed by atoms with Crippen molar-refractivity contribution in [2.75, 3.05) is 37.1 Å². The van der Waals surface area contributed by atoms with Gasteiger partial charge in [-0.1, -0.05) is 0 Å². The standard InChI is InChI=1S/C12H22N6O2/c1-4-14-12(19)7-18(3)11-6-9(17-13)15-10(16-11)8-20-5-2/h6H,4-5,7-8,13H2,1-3H3,(H,14,19)(H,15,16,17). The second kappa shape index (κ2) is 8.28. The first kappa shape index (κ1) is 16.1. The normalized spacial score (nSPS) is 10.2. The minimum atomic E-state index is -0.0674. The van der Waals surface area contributed by atoms with Crippen LogP contribution in [0.1, 0.15) is 19.7 Å². The Hall–Kier alpha value is -1.93. The summed E-state index contributed by atoms with van der Waals surface area (Å²) in [5.74, 6) is 6.92. The second-order valence-electron chi connectivity index (χ2n) is 4.12. The Morgan fingerprint density at radius 1 is 1.45 bits per heavy atom. The van der Waals surface area contributed by atoms with Gasteiger partial charge >= 0.3 is 0 Å². The number of carbonyl (C=O) groups is 1. The van der Waals surface area contributed by atoms with Crippen molar-refractivity contribution in [3.63, 3.8) is 0 Å². The van der Waals surface area contributed by atoms with Crippen LogP contribution in [0.25, 0.3) is 0 Å². The van der Waals surface area contributed by atoms with Gasteiger partial charge in [-0.05, 0) is 13.8 Å².